The molecule has 16 heavy (non-hydrogen) atoms. The Morgan fingerprint density at radius 3 is 2.69 bits per heavy atom. The predicted octanol–water partition coefficient (Wildman–Crippen LogP) is 2.87. The van der Waals surface area contributed by atoms with Crippen molar-refractivity contribution in [2.75, 3.05) is 0 Å². The summed E-state index contributed by atoms with van der Waals surface area (Å²) in [6, 6.07) is 0.132. The van der Waals surface area contributed by atoms with Crippen LogP contribution in [0.5, 0.6) is 0 Å². The van der Waals surface area contributed by atoms with Crippen molar-refractivity contribution in [2.24, 2.45) is 11.7 Å². The quantitative estimate of drug-likeness (QED) is 0.798. The van der Waals surface area contributed by atoms with E-state index in [0.717, 1.165) is 12.4 Å². The summed E-state index contributed by atoms with van der Waals surface area (Å²) in [6.07, 6.45) is 11.9. The molecule has 1 fully saturated rings. The monoisotopic (exact) mass is 221 g/mol. The van der Waals surface area contributed by atoms with Gasteiger partial charge in [-0.05, 0) is 25.7 Å². The Labute approximate surface area is 98.1 Å². The van der Waals surface area contributed by atoms with Gasteiger partial charge in [0.15, 0.2) is 0 Å². The molecule has 1 aliphatic rings. The van der Waals surface area contributed by atoms with Crippen molar-refractivity contribution in [1.82, 2.24) is 9.55 Å². The summed E-state index contributed by atoms with van der Waals surface area (Å²) in [5.41, 5.74) is 6.38. The van der Waals surface area contributed by atoms with E-state index < -0.39 is 0 Å². The summed E-state index contributed by atoms with van der Waals surface area (Å²) >= 11 is 0. The third-order valence-corrected chi connectivity index (χ3v) is 3.79. The minimum atomic E-state index is 0.132. The number of hydrogen-bond acceptors (Lipinski definition) is 2. The third kappa shape index (κ3) is 2.46. The summed E-state index contributed by atoms with van der Waals surface area (Å²) in [6.45, 7) is 3.11. The molecule has 1 aliphatic carbocycles. The maximum atomic E-state index is 6.38. The van der Waals surface area contributed by atoms with Gasteiger partial charge in [0.25, 0.3) is 0 Å². The first-order chi connectivity index (χ1) is 7.83. The number of nitrogens with two attached hydrogens (primary N) is 1. The van der Waals surface area contributed by atoms with Crippen LogP contribution in [0.25, 0.3) is 0 Å². The average molecular weight is 221 g/mol. The molecule has 1 saturated carbocycles. The molecule has 0 spiro atoms. The number of hydrogen-bond donors (Lipinski definition) is 1. The molecule has 1 atom stereocenters. The number of rotatable bonds is 3. The fourth-order valence-corrected chi connectivity index (χ4v) is 2.77. The third-order valence-electron chi connectivity index (χ3n) is 3.79. The molecule has 0 amide bonds. The highest BCUT2D eigenvalue weighted by molar-refractivity contribution is 5.00. The fraction of sp³-hybridized carbons (Fsp3) is 0.769. The lowest BCUT2D eigenvalue weighted by atomic mass is 9.92. The van der Waals surface area contributed by atoms with Crippen LogP contribution in [0.2, 0.25) is 0 Å². The Morgan fingerprint density at radius 1 is 1.38 bits per heavy atom. The van der Waals surface area contributed by atoms with Gasteiger partial charge in [-0.3, -0.25) is 0 Å². The smallest absolute Gasteiger partial charge is 0.125 e. The largest absolute Gasteiger partial charge is 0.334 e. The van der Waals surface area contributed by atoms with Crippen LogP contribution < -0.4 is 5.73 Å². The summed E-state index contributed by atoms with van der Waals surface area (Å²) in [7, 11) is 0. The second kappa shape index (κ2) is 5.48. The van der Waals surface area contributed by atoms with Crippen LogP contribution in [0.4, 0.5) is 0 Å². The zero-order valence-corrected chi connectivity index (χ0v) is 10.2. The number of imidazole rings is 1. The van der Waals surface area contributed by atoms with Crippen LogP contribution in [-0.2, 0) is 6.54 Å². The molecule has 2 N–H and O–H groups in total. The second-order valence-corrected chi connectivity index (χ2v) is 4.85. The lowest BCUT2D eigenvalue weighted by Gasteiger charge is -2.22. The maximum Gasteiger partial charge on any atom is 0.125 e. The van der Waals surface area contributed by atoms with E-state index in [9.17, 15) is 0 Å². The normalized spacial score (nSPS) is 20.6. The Kier molecular flexibility index (Phi) is 3.99. The van der Waals surface area contributed by atoms with Crippen molar-refractivity contribution in [2.45, 2.75) is 58.0 Å². The van der Waals surface area contributed by atoms with E-state index >= 15 is 0 Å². The van der Waals surface area contributed by atoms with Crippen LogP contribution in [0.1, 0.15) is 57.3 Å². The highest BCUT2D eigenvalue weighted by atomic mass is 15.1. The predicted molar refractivity (Wildman–Crippen MR) is 66.0 cm³/mol. The first kappa shape index (κ1) is 11.6. The molecule has 1 heterocycles. The molecule has 90 valence electrons. The molecule has 3 nitrogen and oxygen atoms in total. The number of aromatic nitrogens is 2. The van der Waals surface area contributed by atoms with Gasteiger partial charge in [-0.2, -0.15) is 0 Å². The van der Waals surface area contributed by atoms with Crippen LogP contribution in [-0.4, -0.2) is 9.55 Å². The van der Waals surface area contributed by atoms with Crippen molar-refractivity contribution in [3.8, 4) is 0 Å². The minimum Gasteiger partial charge on any atom is -0.334 e. The van der Waals surface area contributed by atoms with Crippen LogP contribution in [0, 0.1) is 5.92 Å². The number of aryl methyl sites for hydroxylation is 1. The van der Waals surface area contributed by atoms with Crippen molar-refractivity contribution in [3.63, 3.8) is 0 Å². The Bertz CT molecular complexity index is 311. The van der Waals surface area contributed by atoms with Crippen LogP contribution >= 0.6 is 0 Å². The Morgan fingerprint density at radius 2 is 2.06 bits per heavy atom. The molecule has 0 aliphatic heterocycles. The van der Waals surface area contributed by atoms with Gasteiger partial charge in [-0.25, -0.2) is 4.98 Å². The van der Waals surface area contributed by atoms with Crippen molar-refractivity contribution in [1.29, 1.82) is 0 Å². The highest BCUT2D eigenvalue weighted by Crippen LogP contribution is 2.31. The fourth-order valence-electron chi connectivity index (χ4n) is 2.77. The minimum absolute atomic E-state index is 0.132. The topological polar surface area (TPSA) is 43.8 Å². The summed E-state index contributed by atoms with van der Waals surface area (Å²) in [4.78, 5) is 4.43. The SMILES string of the molecule is CCn1ccnc1C(N)C1CCCCCC1. The highest BCUT2D eigenvalue weighted by Gasteiger charge is 2.23. The van der Waals surface area contributed by atoms with Gasteiger partial charge < -0.3 is 10.3 Å². The molecular weight excluding hydrogens is 198 g/mol. The summed E-state index contributed by atoms with van der Waals surface area (Å²) in [5, 5.41) is 0. The molecule has 0 saturated heterocycles. The van der Waals surface area contributed by atoms with E-state index in [1.165, 1.54) is 38.5 Å². The van der Waals surface area contributed by atoms with Gasteiger partial charge in [0.05, 0.1) is 6.04 Å². The van der Waals surface area contributed by atoms with Crippen molar-refractivity contribution in [3.05, 3.63) is 18.2 Å². The summed E-state index contributed by atoms with van der Waals surface area (Å²) in [5.74, 6) is 1.71. The zero-order valence-electron chi connectivity index (χ0n) is 10.2. The van der Waals surface area contributed by atoms with Crippen LogP contribution in [0.15, 0.2) is 12.4 Å². The van der Waals surface area contributed by atoms with Gasteiger partial charge in [-0.1, -0.05) is 25.7 Å². The molecule has 0 aromatic carbocycles. The van der Waals surface area contributed by atoms with Crippen molar-refractivity contribution >= 4 is 0 Å². The van der Waals surface area contributed by atoms with Gasteiger partial charge >= 0.3 is 0 Å². The molecule has 1 unspecified atom stereocenters. The first-order valence-corrected chi connectivity index (χ1v) is 6.59. The van der Waals surface area contributed by atoms with Crippen molar-refractivity contribution < 1.29 is 0 Å². The van der Waals surface area contributed by atoms with E-state index in [-0.39, 0.29) is 6.04 Å². The zero-order chi connectivity index (χ0) is 11.4. The molecule has 1 aromatic heterocycles. The van der Waals surface area contributed by atoms with Crippen LogP contribution in [0.3, 0.4) is 0 Å². The average Bonchev–Trinajstić information content (AvgIpc) is 2.61. The Hall–Kier alpha value is -0.830. The van der Waals surface area contributed by atoms with E-state index in [2.05, 4.69) is 16.5 Å². The second-order valence-electron chi connectivity index (χ2n) is 4.85. The van der Waals surface area contributed by atoms with E-state index in [4.69, 9.17) is 5.73 Å². The molecule has 3 heteroatoms. The molecule has 2 rings (SSSR count). The Balaban J connectivity index is 2.07. The van der Waals surface area contributed by atoms with Gasteiger partial charge in [0.1, 0.15) is 5.82 Å². The van der Waals surface area contributed by atoms with E-state index in [1.807, 2.05) is 12.4 Å². The standard InChI is InChI=1S/C13H23N3/c1-2-16-10-9-15-13(16)12(14)11-7-5-3-4-6-8-11/h9-12H,2-8,14H2,1H3. The number of nitrogens with zero attached hydrogens (tertiary/aromatic N) is 2. The molecule has 0 radical (unpaired) electrons. The van der Waals surface area contributed by atoms with E-state index in [1.54, 1.807) is 0 Å². The summed E-state index contributed by atoms with van der Waals surface area (Å²) < 4.78 is 2.18. The first-order valence-electron chi connectivity index (χ1n) is 6.59. The molecular formula is C13H23N3. The van der Waals surface area contributed by atoms with E-state index in [0.29, 0.717) is 5.92 Å². The van der Waals surface area contributed by atoms with Gasteiger partial charge in [0.2, 0.25) is 0 Å². The lowest BCUT2D eigenvalue weighted by molar-refractivity contribution is 0.362. The van der Waals surface area contributed by atoms with Gasteiger partial charge in [-0.15, -0.1) is 0 Å². The molecule has 0 bridgehead atoms. The van der Waals surface area contributed by atoms with Gasteiger partial charge in [0, 0.05) is 18.9 Å². The maximum absolute atomic E-state index is 6.38. The lowest BCUT2D eigenvalue weighted by Crippen LogP contribution is -2.24. The molecule has 1 aromatic rings.